The number of amides is 2. The number of rotatable bonds is 3. The molecule has 1 aromatic carbocycles. The van der Waals surface area contributed by atoms with Crippen LogP contribution < -0.4 is 10.6 Å². The standard InChI is InChI=1S/C9H10N2O3/c10-9(14)11(6-8(12)13)7-4-2-1-3-5-7/h1-5H,6H2,(H2,10,14)(H,12,13). The molecule has 0 aromatic heterocycles. The fourth-order valence-corrected chi connectivity index (χ4v) is 1.04. The number of nitrogens with zero attached hydrogens (tertiary/aromatic N) is 1. The number of carboxylic acid groups (broad SMARTS) is 1. The molecule has 0 radical (unpaired) electrons. The molecular weight excluding hydrogens is 184 g/mol. The first-order valence-electron chi connectivity index (χ1n) is 3.95. The number of carboxylic acids is 1. The van der Waals surface area contributed by atoms with E-state index >= 15 is 0 Å². The molecule has 0 spiro atoms. The minimum absolute atomic E-state index is 0.431. The van der Waals surface area contributed by atoms with Gasteiger partial charge >= 0.3 is 12.0 Å². The minimum atomic E-state index is -1.10. The quantitative estimate of drug-likeness (QED) is 0.741. The monoisotopic (exact) mass is 194 g/mol. The summed E-state index contributed by atoms with van der Waals surface area (Å²) in [5, 5.41) is 8.54. The summed E-state index contributed by atoms with van der Waals surface area (Å²) in [5.74, 6) is -1.10. The summed E-state index contributed by atoms with van der Waals surface area (Å²) in [6, 6.07) is 7.63. The number of primary amides is 1. The zero-order valence-corrected chi connectivity index (χ0v) is 7.38. The molecule has 0 fully saturated rings. The third kappa shape index (κ3) is 2.48. The molecule has 0 aliphatic carbocycles. The van der Waals surface area contributed by atoms with Crippen LogP contribution in [0.5, 0.6) is 0 Å². The SMILES string of the molecule is NC(=O)N(CC(=O)O)c1ccccc1. The van der Waals surface area contributed by atoms with E-state index in [-0.39, 0.29) is 0 Å². The largest absolute Gasteiger partial charge is 0.480 e. The van der Waals surface area contributed by atoms with Crippen LogP contribution in [0.4, 0.5) is 10.5 Å². The summed E-state index contributed by atoms with van der Waals surface area (Å²) in [6.45, 7) is -0.431. The molecule has 5 nitrogen and oxygen atoms in total. The third-order valence-electron chi connectivity index (χ3n) is 1.63. The van der Waals surface area contributed by atoms with Crippen LogP contribution in [0, 0.1) is 0 Å². The average Bonchev–Trinajstić information content (AvgIpc) is 2.15. The highest BCUT2D eigenvalue weighted by Crippen LogP contribution is 2.11. The maximum atomic E-state index is 10.9. The van der Waals surface area contributed by atoms with Gasteiger partial charge in [-0.15, -0.1) is 0 Å². The van der Waals surface area contributed by atoms with E-state index in [0.29, 0.717) is 5.69 Å². The normalized spacial score (nSPS) is 9.43. The van der Waals surface area contributed by atoms with Crippen LogP contribution in [-0.4, -0.2) is 23.7 Å². The number of nitrogens with two attached hydrogens (primary N) is 1. The van der Waals surface area contributed by atoms with Gasteiger partial charge in [0, 0.05) is 5.69 Å². The number of hydrogen-bond donors (Lipinski definition) is 2. The molecule has 0 aliphatic heterocycles. The number of urea groups is 1. The molecule has 5 heteroatoms. The first kappa shape index (κ1) is 10.0. The minimum Gasteiger partial charge on any atom is -0.480 e. The molecule has 0 heterocycles. The number of anilines is 1. The molecule has 0 saturated heterocycles. The number of carbonyl (C=O) groups excluding carboxylic acids is 1. The Kier molecular flexibility index (Phi) is 3.06. The van der Waals surface area contributed by atoms with Gasteiger partial charge in [-0.25, -0.2) is 4.79 Å². The topological polar surface area (TPSA) is 83.6 Å². The highest BCUT2D eigenvalue weighted by molar-refractivity contribution is 5.95. The zero-order chi connectivity index (χ0) is 10.6. The van der Waals surface area contributed by atoms with Crippen LogP contribution in [0.15, 0.2) is 30.3 Å². The molecule has 0 atom stereocenters. The Morgan fingerprint density at radius 3 is 2.29 bits per heavy atom. The highest BCUT2D eigenvalue weighted by atomic mass is 16.4. The molecule has 1 aromatic rings. The van der Waals surface area contributed by atoms with Crippen LogP contribution in [0.3, 0.4) is 0 Å². The molecule has 74 valence electrons. The van der Waals surface area contributed by atoms with E-state index in [2.05, 4.69) is 0 Å². The van der Waals surface area contributed by atoms with E-state index in [1.807, 2.05) is 0 Å². The molecule has 1 rings (SSSR count). The van der Waals surface area contributed by atoms with Crippen molar-refractivity contribution in [2.24, 2.45) is 5.73 Å². The zero-order valence-electron chi connectivity index (χ0n) is 7.38. The summed E-state index contributed by atoms with van der Waals surface area (Å²) < 4.78 is 0. The van der Waals surface area contributed by atoms with Gasteiger partial charge in [-0.2, -0.15) is 0 Å². The Bertz CT molecular complexity index is 337. The van der Waals surface area contributed by atoms with Crippen LogP contribution in [-0.2, 0) is 4.79 Å². The summed E-state index contributed by atoms with van der Waals surface area (Å²) >= 11 is 0. The van der Waals surface area contributed by atoms with Crippen LogP contribution >= 0.6 is 0 Å². The van der Waals surface area contributed by atoms with Gasteiger partial charge in [-0.05, 0) is 12.1 Å². The van der Waals surface area contributed by atoms with Crippen molar-refractivity contribution in [1.29, 1.82) is 0 Å². The summed E-state index contributed by atoms with van der Waals surface area (Å²) in [4.78, 5) is 22.3. The average molecular weight is 194 g/mol. The first-order valence-corrected chi connectivity index (χ1v) is 3.95. The molecule has 2 amide bonds. The number of carbonyl (C=O) groups is 2. The van der Waals surface area contributed by atoms with Gasteiger partial charge in [0.1, 0.15) is 6.54 Å². The fourth-order valence-electron chi connectivity index (χ4n) is 1.04. The molecule has 3 N–H and O–H groups in total. The van der Waals surface area contributed by atoms with Crippen LogP contribution in [0.2, 0.25) is 0 Å². The first-order chi connectivity index (χ1) is 6.61. The van der Waals surface area contributed by atoms with E-state index in [1.165, 1.54) is 0 Å². The lowest BCUT2D eigenvalue weighted by Gasteiger charge is -2.17. The summed E-state index contributed by atoms with van der Waals surface area (Å²) in [5.41, 5.74) is 5.52. The predicted molar refractivity (Wildman–Crippen MR) is 51.0 cm³/mol. The van der Waals surface area contributed by atoms with Crippen molar-refractivity contribution in [2.75, 3.05) is 11.4 Å². The smallest absolute Gasteiger partial charge is 0.323 e. The Balaban J connectivity index is 2.89. The van der Waals surface area contributed by atoms with Crippen molar-refractivity contribution in [3.05, 3.63) is 30.3 Å². The summed E-state index contributed by atoms with van der Waals surface area (Å²) in [6.07, 6.45) is 0. The molecule has 0 unspecified atom stereocenters. The van der Waals surface area contributed by atoms with Crippen LogP contribution in [0.1, 0.15) is 0 Å². The van der Waals surface area contributed by atoms with E-state index in [0.717, 1.165) is 4.90 Å². The summed E-state index contributed by atoms with van der Waals surface area (Å²) in [7, 11) is 0. The predicted octanol–water partition coefficient (Wildman–Crippen LogP) is 0.656. The lowest BCUT2D eigenvalue weighted by Crippen LogP contribution is -2.39. The van der Waals surface area contributed by atoms with Crippen LogP contribution in [0.25, 0.3) is 0 Å². The van der Waals surface area contributed by atoms with Gasteiger partial charge in [-0.1, -0.05) is 18.2 Å². The second-order valence-electron chi connectivity index (χ2n) is 2.65. The Hall–Kier alpha value is -2.04. The Labute approximate surface area is 80.7 Å². The maximum Gasteiger partial charge on any atom is 0.323 e. The highest BCUT2D eigenvalue weighted by Gasteiger charge is 2.14. The Morgan fingerprint density at radius 2 is 1.86 bits per heavy atom. The van der Waals surface area contributed by atoms with Crippen molar-refractivity contribution >= 4 is 17.7 Å². The van der Waals surface area contributed by atoms with Gasteiger partial charge in [0.2, 0.25) is 0 Å². The second kappa shape index (κ2) is 4.27. The Morgan fingerprint density at radius 1 is 1.29 bits per heavy atom. The second-order valence-corrected chi connectivity index (χ2v) is 2.65. The number of benzene rings is 1. The molecule has 0 aliphatic rings. The molecule has 14 heavy (non-hydrogen) atoms. The van der Waals surface area contributed by atoms with E-state index in [4.69, 9.17) is 10.8 Å². The van der Waals surface area contributed by atoms with E-state index in [9.17, 15) is 9.59 Å². The maximum absolute atomic E-state index is 10.9. The van der Waals surface area contributed by atoms with Crippen molar-refractivity contribution in [1.82, 2.24) is 0 Å². The van der Waals surface area contributed by atoms with E-state index in [1.54, 1.807) is 30.3 Å². The van der Waals surface area contributed by atoms with Crippen molar-refractivity contribution in [2.45, 2.75) is 0 Å². The van der Waals surface area contributed by atoms with Gasteiger partial charge in [0.15, 0.2) is 0 Å². The number of para-hydroxylation sites is 1. The lowest BCUT2D eigenvalue weighted by atomic mass is 10.3. The number of hydrogen-bond acceptors (Lipinski definition) is 2. The van der Waals surface area contributed by atoms with Gasteiger partial charge in [0.05, 0.1) is 0 Å². The van der Waals surface area contributed by atoms with Crippen molar-refractivity contribution < 1.29 is 14.7 Å². The van der Waals surface area contributed by atoms with Crippen molar-refractivity contribution in [3.63, 3.8) is 0 Å². The van der Waals surface area contributed by atoms with Gasteiger partial charge in [-0.3, -0.25) is 9.69 Å². The molecular formula is C9H10N2O3. The van der Waals surface area contributed by atoms with Crippen molar-refractivity contribution in [3.8, 4) is 0 Å². The molecule has 0 bridgehead atoms. The lowest BCUT2D eigenvalue weighted by molar-refractivity contribution is -0.135. The van der Waals surface area contributed by atoms with Gasteiger partial charge < -0.3 is 10.8 Å². The van der Waals surface area contributed by atoms with Gasteiger partial charge in [0.25, 0.3) is 0 Å². The van der Waals surface area contributed by atoms with E-state index < -0.39 is 18.5 Å². The third-order valence-corrected chi connectivity index (χ3v) is 1.63. The molecule has 0 saturated carbocycles. The fraction of sp³-hybridized carbons (Fsp3) is 0.111. The number of aliphatic carboxylic acids is 1.